The molecule has 1 rings (SSSR count). The molecule has 1 N–H and O–H groups in total. The number of esters is 1. The van der Waals surface area contributed by atoms with Crippen LogP contribution in [-0.4, -0.2) is 23.3 Å². The highest BCUT2D eigenvalue weighted by Crippen LogP contribution is 2.26. The Balaban J connectivity index is 2.51. The zero-order chi connectivity index (χ0) is 13.3. The van der Waals surface area contributed by atoms with Crippen LogP contribution >= 0.6 is 0 Å². The molecule has 1 saturated carbocycles. The predicted octanol–water partition coefficient (Wildman–Crippen LogP) is 3.59. The topological polar surface area (TPSA) is 46.5 Å². The van der Waals surface area contributed by atoms with E-state index in [2.05, 4.69) is 0 Å². The standard InChI is InChI=1S/C15H28O3/c1-2-18-14(16)15(17)12-10-8-6-4-3-5-7-9-11-13-15/h17H,2-13H2,1H3. The highest BCUT2D eigenvalue weighted by molar-refractivity contribution is 5.79. The number of ether oxygens (including phenoxy) is 1. The first-order chi connectivity index (χ1) is 8.69. The molecule has 0 spiro atoms. The molecule has 0 heterocycles. The van der Waals surface area contributed by atoms with Crippen LogP contribution in [0.4, 0.5) is 0 Å². The fourth-order valence-electron chi connectivity index (χ4n) is 2.67. The quantitative estimate of drug-likeness (QED) is 0.768. The molecule has 106 valence electrons. The van der Waals surface area contributed by atoms with E-state index in [4.69, 9.17) is 4.74 Å². The molecule has 1 fully saturated rings. The van der Waals surface area contributed by atoms with E-state index in [-0.39, 0.29) is 0 Å². The molecule has 18 heavy (non-hydrogen) atoms. The van der Waals surface area contributed by atoms with Crippen molar-refractivity contribution in [2.45, 2.75) is 83.2 Å². The normalized spacial score (nSPS) is 22.6. The van der Waals surface area contributed by atoms with Crippen molar-refractivity contribution >= 4 is 5.97 Å². The van der Waals surface area contributed by atoms with Gasteiger partial charge in [-0.2, -0.15) is 0 Å². The van der Waals surface area contributed by atoms with Crippen molar-refractivity contribution in [1.82, 2.24) is 0 Å². The van der Waals surface area contributed by atoms with Gasteiger partial charge in [-0.1, -0.05) is 44.9 Å². The van der Waals surface area contributed by atoms with Gasteiger partial charge < -0.3 is 9.84 Å². The Morgan fingerprint density at radius 3 is 1.72 bits per heavy atom. The Hall–Kier alpha value is -0.570. The van der Waals surface area contributed by atoms with Crippen LogP contribution < -0.4 is 0 Å². The number of carbonyl (C=O) groups is 1. The van der Waals surface area contributed by atoms with Gasteiger partial charge in [-0.05, 0) is 32.6 Å². The van der Waals surface area contributed by atoms with Crippen LogP contribution in [0.2, 0.25) is 0 Å². The van der Waals surface area contributed by atoms with Gasteiger partial charge in [0, 0.05) is 0 Å². The average molecular weight is 256 g/mol. The molecule has 1 aliphatic rings. The lowest BCUT2D eigenvalue weighted by Crippen LogP contribution is -2.40. The van der Waals surface area contributed by atoms with Crippen LogP contribution in [-0.2, 0) is 9.53 Å². The van der Waals surface area contributed by atoms with E-state index in [1.54, 1.807) is 6.92 Å². The van der Waals surface area contributed by atoms with E-state index in [0.717, 1.165) is 25.7 Å². The fraction of sp³-hybridized carbons (Fsp3) is 0.933. The third-order valence-corrected chi connectivity index (χ3v) is 3.84. The van der Waals surface area contributed by atoms with E-state index >= 15 is 0 Å². The fourth-order valence-corrected chi connectivity index (χ4v) is 2.67. The minimum atomic E-state index is -1.23. The predicted molar refractivity (Wildman–Crippen MR) is 72.4 cm³/mol. The summed E-state index contributed by atoms with van der Waals surface area (Å²) in [6, 6.07) is 0. The Bertz CT molecular complexity index is 226. The molecule has 0 aromatic heterocycles. The van der Waals surface area contributed by atoms with Crippen LogP contribution in [0.5, 0.6) is 0 Å². The first-order valence-corrected chi connectivity index (χ1v) is 7.58. The molecule has 0 unspecified atom stereocenters. The molecule has 0 saturated heterocycles. The minimum Gasteiger partial charge on any atom is -0.464 e. The van der Waals surface area contributed by atoms with Crippen molar-refractivity contribution in [3.05, 3.63) is 0 Å². The molecule has 0 aliphatic heterocycles. The molecular weight excluding hydrogens is 228 g/mol. The first-order valence-electron chi connectivity index (χ1n) is 7.58. The summed E-state index contributed by atoms with van der Waals surface area (Å²) in [6.45, 7) is 2.14. The van der Waals surface area contributed by atoms with E-state index in [9.17, 15) is 9.90 Å². The van der Waals surface area contributed by atoms with Gasteiger partial charge in [-0.25, -0.2) is 4.79 Å². The summed E-state index contributed by atoms with van der Waals surface area (Å²) in [5.41, 5.74) is -1.23. The summed E-state index contributed by atoms with van der Waals surface area (Å²) < 4.78 is 5.02. The second-order valence-corrected chi connectivity index (χ2v) is 5.43. The molecule has 3 heteroatoms. The summed E-state index contributed by atoms with van der Waals surface area (Å²) in [5, 5.41) is 10.5. The lowest BCUT2D eigenvalue weighted by Gasteiger charge is -2.26. The highest BCUT2D eigenvalue weighted by atomic mass is 16.5. The van der Waals surface area contributed by atoms with E-state index in [1.807, 2.05) is 0 Å². The zero-order valence-corrected chi connectivity index (χ0v) is 11.7. The summed E-state index contributed by atoms with van der Waals surface area (Å²) in [7, 11) is 0. The Morgan fingerprint density at radius 2 is 1.33 bits per heavy atom. The maximum absolute atomic E-state index is 11.9. The maximum atomic E-state index is 11.9. The summed E-state index contributed by atoms with van der Waals surface area (Å²) in [6.07, 6.45) is 11.6. The second kappa shape index (κ2) is 8.52. The van der Waals surface area contributed by atoms with Gasteiger partial charge in [0.1, 0.15) is 0 Å². The van der Waals surface area contributed by atoms with Crippen LogP contribution in [0.15, 0.2) is 0 Å². The van der Waals surface area contributed by atoms with Gasteiger partial charge in [-0.15, -0.1) is 0 Å². The molecule has 0 aromatic carbocycles. The van der Waals surface area contributed by atoms with Crippen LogP contribution in [0.25, 0.3) is 0 Å². The molecule has 0 aromatic rings. The average Bonchev–Trinajstić information content (AvgIpc) is 2.34. The molecule has 0 atom stereocenters. The second-order valence-electron chi connectivity index (χ2n) is 5.43. The summed E-state index contributed by atoms with van der Waals surface area (Å²) >= 11 is 0. The van der Waals surface area contributed by atoms with Crippen molar-refractivity contribution in [2.24, 2.45) is 0 Å². The number of carbonyl (C=O) groups excluding carboxylic acids is 1. The molecular formula is C15H28O3. The Morgan fingerprint density at radius 1 is 0.944 bits per heavy atom. The summed E-state index contributed by atoms with van der Waals surface area (Å²) in [4.78, 5) is 11.9. The Kier molecular flexibility index (Phi) is 7.33. The third kappa shape index (κ3) is 5.38. The maximum Gasteiger partial charge on any atom is 0.338 e. The largest absolute Gasteiger partial charge is 0.464 e. The smallest absolute Gasteiger partial charge is 0.338 e. The number of aliphatic hydroxyl groups is 1. The van der Waals surface area contributed by atoms with Crippen molar-refractivity contribution in [2.75, 3.05) is 6.61 Å². The minimum absolute atomic E-state index is 0.348. The van der Waals surface area contributed by atoms with E-state index < -0.39 is 11.6 Å². The van der Waals surface area contributed by atoms with Gasteiger partial charge in [0.25, 0.3) is 0 Å². The highest BCUT2D eigenvalue weighted by Gasteiger charge is 2.36. The van der Waals surface area contributed by atoms with Crippen molar-refractivity contribution in [3.8, 4) is 0 Å². The summed E-state index contributed by atoms with van der Waals surface area (Å²) in [5.74, 6) is -0.415. The van der Waals surface area contributed by atoms with Gasteiger partial charge >= 0.3 is 5.97 Å². The van der Waals surface area contributed by atoms with Gasteiger partial charge in [0.15, 0.2) is 5.60 Å². The van der Waals surface area contributed by atoms with E-state index in [0.29, 0.717) is 19.4 Å². The monoisotopic (exact) mass is 256 g/mol. The Labute approximate surface area is 111 Å². The van der Waals surface area contributed by atoms with Crippen LogP contribution in [0, 0.1) is 0 Å². The van der Waals surface area contributed by atoms with Crippen molar-refractivity contribution in [3.63, 3.8) is 0 Å². The van der Waals surface area contributed by atoms with Gasteiger partial charge in [0.2, 0.25) is 0 Å². The van der Waals surface area contributed by atoms with Gasteiger partial charge in [-0.3, -0.25) is 0 Å². The molecule has 3 nitrogen and oxygen atoms in total. The molecule has 0 amide bonds. The van der Waals surface area contributed by atoms with E-state index in [1.165, 1.54) is 32.1 Å². The molecule has 1 aliphatic carbocycles. The third-order valence-electron chi connectivity index (χ3n) is 3.84. The lowest BCUT2D eigenvalue weighted by molar-refractivity contribution is -0.167. The van der Waals surface area contributed by atoms with Crippen LogP contribution in [0.3, 0.4) is 0 Å². The lowest BCUT2D eigenvalue weighted by atomic mass is 9.89. The molecule has 0 radical (unpaired) electrons. The van der Waals surface area contributed by atoms with Gasteiger partial charge in [0.05, 0.1) is 6.61 Å². The SMILES string of the molecule is CCOC(=O)C1(O)CCCCCCCCCCC1. The first kappa shape index (κ1) is 15.5. The van der Waals surface area contributed by atoms with Crippen molar-refractivity contribution in [1.29, 1.82) is 0 Å². The van der Waals surface area contributed by atoms with Crippen LogP contribution in [0.1, 0.15) is 77.6 Å². The number of hydrogen-bond acceptors (Lipinski definition) is 3. The number of hydrogen-bond donors (Lipinski definition) is 1. The number of rotatable bonds is 2. The molecule has 0 bridgehead atoms. The zero-order valence-electron chi connectivity index (χ0n) is 11.7. The van der Waals surface area contributed by atoms with Crippen molar-refractivity contribution < 1.29 is 14.6 Å².